The Morgan fingerprint density at radius 3 is 2.24 bits per heavy atom. The van der Waals surface area contributed by atoms with Gasteiger partial charge in [0.15, 0.2) is 0 Å². The summed E-state index contributed by atoms with van der Waals surface area (Å²) >= 11 is 0. The van der Waals surface area contributed by atoms with Gasteiger partial charge in [0.1, 0.15) is 6.04 Å². The second-order valence-electron chi connectivity index (χ2n) is 4.07. The number of nitrogens with two attached hydrogens (primary N) is 1. The van der Waals surface area contributed by atoms with Gasteiger partial charge in [-0.05, 0) is 24.3 Å². The minimum atomic E-state index is -3.82. The smallest absolute Gasteiger partial charge is 0.326 e. The highest BCUT2D eigenvalue weighted by Crippen LogP contribution is 2.12. The number of sulfonamides is 1. The van der Waals surface area contributed by atoms with Crippen LogP contribution in [0.4, 0.5) is 10.5 Å². The number of carboxylic acids is 1. The number of nitrogens with one attached hydrogen (secondary N) is 2. The van der Waals surface area contributed by atoms with Gasteiger partial charge >= 0.3 is 12.0 Å². The number of anilines is 1. The number of aliphatic hydroxyl groups excluding tert-OH is 1. The number of aliphatic carboxylic acids is 1. The molecule has 21 heavy (non-hydrogen) atoms. The molecule has 0 radical (unpaired) electrons. The molecule has 6 N–H and O–H groups in total. The minimum Gasteiger partial charge on any atom is -0.480 e. The first-order chi connectivity index (χ1) is 9.74. The number of carbonyl (C=O) groups excluding carboxylic acids is 1. The van der Waals surface area contributed by atoms with Crippen LogP contribution in [-0.2, 0) is 14.8 Å². The SMILES string of the molecule is NS(=O)(=O)c1ccc(NC(=O)N[C@@H](CCO)C(=O)O)cc1. The highest BCUT2D eigenvalue weighted by molar-refractivity contribution is 7.89. The third-order valence-electron chi connectivity index (χ3n) is 2.46. The van der Waals surface area contributed by atoms with Gasteiger partial charge in [0.25, 0.3) is 0 Å². The Morgan fingerprint density at radius 1 is 1.24 bits per heavy atom. The number of amides is 2. The van der Waals surface area contributed by atoms with Gasteiger partial charge in [0.2, 0.25) is 10.0 Å². The Morgan fingerprint density at radius 2 is 1.81 bits per heavy atom. The van der Waals surface area contributed by atoms with Gasteiger partial charge in [0.05, 0.1) is 4.90 Å². The molecule has 0 heterocycles. The number of benzene rings is 1. The molecule has 1 atom stereocenters. The lowest BCUT2D eigenvalue weighted by Crippen LogP contribution is -2.43. The monoisotopic (exact) mass is 317 g/mol. The average molecular weight is 317 g/mol. The first-order valence-corrected chi connectivity index (χ1v) is 7.32. The number of hydrogen-bond acceptors (Lipinski definition) is 5. The van der Waals surface area contributed by atoms with Gasteiger partial charge in [-0.3, -0.25) is 0 Å². The van der Waals surface area contributed by atoms with Crippen LogP contribution in [0.15, 0.2) is 29.2 Å². The zero-order valence-corrected chi connectivity index (χ0v) is 11.6. The van der Waals surface area contributed by atoms with E-state index in [0.29, 0.717) is 0 Å². The Balaban J connectivity index is 2.68. The lowest BCUT2D eigenvalue weighted by molar-refractivity contribution is -0.139. The molecule has 116 valence electrons. The summed E-state index contributed by atoms with van der Waals surface area (Å²) in [4.78, 5) is 22.3. The number of aliphatic hydroxyl groups is 1. The molecule has 9 nitrogen and oxygen atoms in total. The van der Waals surface area contributed by atoms with Crippen LogP contribution in [0.3, 0.4) is 0 Å². The van der Waals surface area contributed by atoms with Gasteiger partial charge in [-0.1, -0.05) is 0 Å². The second kappa shape index (κ2) is 7.02. The molecule has 0 fully saturated rings. The Hall–Kier alpha value is -2.17. The van der Waals surface area contributed by atoms with E-state index in [2.05, 4.69) is 10.6 Å². The lowest BCUT2D eigenvalue weighted by Gasteiger charge is -2.14. The van der Waals surface area contributed by atoms with Crippen LogP contribution in [0.2, 0.25) is 0 Å². The predicted octanol–water partition coefficient (Wildman–Crippen LogP) is -0.709. The zero-order valence-electron chi connectivity index (χ0n) is 10.8. The third kappa shape index (κ3) is 5.38. The summed E-state index contributed by atoms with van der Waals surface area (Å²) in [5, 5.41) is 26.9. The van der Waals surface area contributed by atoms with Crippen molar-refractivity contribution in [2.24, 2.45) is 5.14 Å². The second-order valence-corrected chi connectivity index (χ2v) is 5.63. The highest BCUT2D eigenvalue weighted by atomic mass is 32.2. The third-order valence-corrected chi connectivity index (χ3v) is 3.39. The van der Waals surface area contributed by atoms with Crippen LogP contribution in [0.25, 0.3) is 0 Å². The molecule has 0 aliphatic heterocycles. The zero-order chi connectivity index (χ0) is 16.0. The van der Waals surface area contributed by atoms with E-state index in [-0.39, 0.29) is 23.6 Å². The Labute approximate surface area is 120 Å². The first-order valence-electron chi connectivity index (χ1n) is 5.78. The van der Waals surface area contributed by atoms with Gasteiger partial charge in [-0.2, -0.15) is 0 Å². The maximum absolute atomic E-state index is 11.6. The summed E-state index contributed by atoms with van der Waals surface area (Å²) < 4.78 is 22.1. The number of hydrogen-bond donors (Lipinski definition) is 5. The number of urea groups is 1. The van der Waals surface area contributed by atoms with Crippen molar-refractivity contribution >= 4 is 27.7 Å². The summed E-state index contributed by atoms with van der Waals surface area (Å²) in [5.41, 5.74) is 0.257. The lowest BCUT2D eigenvalue weighted by atomic mass is 10.2. The van der Waals surface area contributed by atoms with Crippen LogP contribution in [0.5, 0.6) is 0 Å². The fraction of sp³-hybridized carbons (Fsp3) is 0.273. The van der Waals surface area contributed by atoms with E-state index < -0.39 is 28.1 Å². The summed E-state index contributed by atoms with van der Waals surface area (Å²) in [6.45, 7) is -0.389. The molecule has 0 saturated carbocycles. The Kier molecular flexibility index (Phi) is 5.64. The largest absolute Gasteiger partial charge is 0.480 e. The van der Waals surface area contributed by atoms with Crippen LogP contribution in [0, 0.1) is 0 Å². The Bertz CT molecular complexity index is 613. The molecule has 0 spiro atoms. The quantitative estimate of drug-likeness (QED) is 0.466. The van der Waals surface area contributed by atoms with Crippen molar-refractivity contribution < 1.29 is 28.2 Å². The predicted molar refractivity (Wildman–Crippen MR) is 73.1 cm³/mol. The van der Waals surface area contributed by atoms with E-state index in [1.54, 1.807) is 0 Å². The highest BCUT2D eigenvalue weighted by Gasteiger charge is 2.19. The van der Waals surface area contributed by atoms with E-state index in [9.17, 15) is 18.0 Å². The molecular weight excluding hydrogens is 302 g/mol. The van der Waals surface area contributed by atoms with Gasteiger partial charge in [-0.15, -0.1) is 0 Å². The molecule has 0 bridgehead atoms. The molecule has 0 saturated heterocycles. The number of carbonyl (C=O) groups is 2. The van der Waals surface area contributed by atoms with Crippen molar-refractivity contribution in [3.8, 4) is 0 Å². The average Bonchev–Trinajstić information content (AvgIpc) is 2.37. The van der Waals surface area contributed by atoms with Crippen LogP contribution in [0.1, 0.15) is 6.42 Å². The van der Waals surface area contributed by atoms with Crippen molar-refractivity contribution in [1.29, 1.82) is 0 Å². The molecule has 0 aromatic heterocycles. The van der Waals surface area contributed by atoms with E-state index >= 15 is 0 Å². The van der Waals surface area contributed by atoms with Gasteiger partial charge in [0, 0.05) is 18.7 Å². The molecule has 1 aromatic carbocycles. The summed E-state index contributed by atoms with van der Waals surface area (Å²) in [7, 11) is -3.82. The van der Waals surface area contributed by atoms with Crippen molar-refractivity contribution in [3.63, 3.8) is 0 Å². The number of carboxylic acid groups (broad SMARTS) is 1. The van der Waals surface area contributed by atoms with E-state index in [1.807, 2.05) is 0 Å². The van der Waals surface area contributed by atoms with Crippen molar-refractivity contribution in [3.05, 3.63) is 24.3 Å². The molecular formula is C11H15N3O6S. The molecule has 1 aromatic rings. The molecule has 0 aliphatic carbocycles. The maximum Gasteiger partial charge on any atom is 0.326 e. The maximum atomic E-state index is 11.6. The van der Waals surface area contributed by atoms with E-state index in [1.165, 1.54) is 24.3 Å². The first kappa shape index (κ1) is 16.9. The van der Waals surface area contributed by atoms with Crippen molar-refractivity contribution in [2.45, 2.75) is 17.4 Å². The van der Waals surface area contributed by atoms with Crippen molar-refractivity contribution in [2.75, 3.05) is 11.9 Å². The minimum absolute atomic E-state index is 0.114. The van der Waals surface area contributed by atoms with Crippen LogP contribution in [-0.4, -0.2) is 43.3 Å². The summed E-state index contributed by atoms with van der Waals surface area (Å²) in [5.74, 6) is -1.27. The standard InChI is InChI=1S/C11H15N3O6S/c12-21(19,20)8-3-1-7(2-4-8)13-11(18)14-9(5-6-15)10(16)17/h1-4,9,15H,5-6H2,(H,16,17)(H2,12,19,20)(H2,13,14,18)/t9-/m0/s1. The summed E-state index contributed by atoms with van der Waals surface area (Å²) in [6.07, 6.45) is -0.132. The fourth-order valence-electron chi connectivity index (χ4n) is 1.44. The van der Waals surface area contributed by atoms with E-state index in [4.69, 9.17) is 15.4 Å². The van der Waals surface area contributed by atoms with Crippen LogP contribution >= 0.6 is 0 Å². The fourth-order valence-corrected chi connectivity index (χ4v) is 1.96. The van der Waals surface area contributed by atoms with Gasteiger partial charge < -0.3 is 20.8 Å². The van der Waals surface area contributed by atoms with Crippen LogP contribution < -0.4 is 15.8 Å². The molecule has 1 rings (SSSR count). The van der Waals surface area contributed by atoms with Crippen molar-refractivity contribution in [1.82, 2.24) is 5.32 Å². The van der Waals surface area contributed by atoms with Gasteiger partial charge in [-0.25, -0.2) is 23.1 Å². The molecule has 0 aliphatic rings. The molecule has 10 heteroatoms. The topological polar surface area (TPSA) is 159 Å². The number of rotatable bonds is 6. The number of primary sulfonamides is 1. The molecule has 2 amide bonds. The molecule has 0 unspecified atom stereocenters. The summed E-state index contributed by atoms with van der Waals surface area (Å²) in [6, 6.07) is 3.00. The van der Waals surface area contributed by atoms with E-state index in [0.717, 1.165) is 0 Å². The normalized spacial score (nSPS) is 12.5.